The summed E-state index contributed by atoms with van der Waals surface area (Å²) in [5.74, 6) is 0.298. The lowest BCUT2D eigenvalue weighted by Gasteiger charge is -2.40. The van der Waals surface area contributed by atoms with Gasteiger partial charge in [-0.2, -0.15) is 0 Å². The number of aromatic nitrogens is 3. The molecule has 1 aliphatic carbocycles. The Kier molecular flexibility index (Phi) is 5.31. The topological polar surface area (TPSA) is 108 Å². The van der Waals surface area contributed by atoms with Crippen molar-refractivity contribution in [1.29, 1.82) is 0 Å². The van der Waals surface area contributed by atoms with Gasteiger partial charge in [0.25, 0.3) is 5.56 Å². The first kappa shape index (κ1) is 21.8. The molecule has 0 radical (unpaired) electrons. The van der Waals surface area contributed by atoms with Crippen molar-refractivity contribution in [2.75, 3.05) is 29.4 Å². The molecule has 0 atom stereocenters. The number of fused-ring (bicyclic) bond motifs is 3. The number of piperidine rings is 1. The second-order valence-corrected chi connectivity index (χ2v) is 10.1. The van der Waals surface area contributed by atoms with Crippen LogP contribution in [0.5, 0.6) is 0 Å². The highest BCUT2D eigenvalue weighted by Crippen LogP contribution is 2.48. The summed E-state index contributed by atoms with van der Waals surface area (Å²) in [7, 11) is 0. The number of rotatable bonds is 4. The van der Waals surface area contributed by atoms with Gasteiger partial charge < -0.3 is 15.5 Å². The maximum Gasteiger partial charge on any atom is 0.255 e. The lowest BCUT2D eigenvalue weighted by atomic mass is 9.74. The third kappa shape index (κ3) is 3.87. The molecule has 3 aromatic rings. The van der Waals surface area contributed by atoms with E-state index in [-0.39, 0.29) is 11.0 Å². The molecule has 0 unspecified atom stereocenters. The summed E-state index contributed by atoms with van der Waals surface area (Å²) < 4.78 is 0. The van der Waals surface area contributed by atoms with E-state index in [9.17, 15) is 9.59 Å². The fourth-order valence-electron chi connectivity index (χ4n) is 6.10. The molecular formula is C27H30N6O2. The van der Waals surface area contributed by atoms with Crippen LogP contribution in [-0.2, 0) is 24.8 Å². The van der Waals surface area contributed by atoms with Gasteiger partial charge >= 0.3 is 0 Å². The molecule has 1 spiro atoms. The minimum Gasteiger partial charge on any atom is -0.366 e. The molecule has 1 saturated heterocycles. The van der Waals surface area contributed by atoms with Crippen molar-refractivity contribution in [2.45, 2.75) is 50.5 Å². The Hall–Kier alpha value is -3.68. The zero-order chi connectivity index (χ0) is 24.0. The number of aryl methyl sites for hydroxylation is 1. The second kappa shape index (κ2) is 8.52. The van der Waals surface area contributed by atoms with Crippen LogP contribution >= 0.6 is 0 Å². The number of nitrogens with one attached hydrogen (secondary N) is 1. The van der Waals surface area contributed by atoms with Gasteiger partial charge in [-0.05, 0) is 67.9 Å². The number of primary amides is 1. The standard InChI is InChI=1S/C27H30N6O2/c28-24(34)19-7-8-21-23(14-19)33(16-18-4-3-11-29-15-18)17-27(21)9-12-32(13-10-27)26-30-22-6-2-1-5-20(22)25(35)31-26/h3-4,7-8,11,14-15H,1-2,5-6,9-10,12-13,16-17H2,(H2,28,34)(H,30,31,35). The fraction of sp³-hybridized carbons (Fsp3) is 0.407. The zero-order valence-corrected chi connectivity index (χ0v) is 19.8. The van der Waals surface area contributed by atoms with Crippen LogP contribution in [0.4, 0.5) is 11.6 Å². The highest BCUT2D eigenvalue weighted by Gasteiger charge is 2.45. The minimum absolute atomic E-state index is 0.0152. The predicted octanol–water partition coefficient (Wildman–Crippen LogP) is 2.70. The van der Waals surface area contributed by atoms with Gasteiger partial charge in [0.15, 0.2) is 0 Å². The molecule has 35 heavy (non-hydrogen) atoms. The molecule has 0 bridgehead atoms. The molecule has 1 fully saturated rings. The number of hydrogen-bond donors (Lipinski definition) is 2. The number of carbonyl (C=O) groups excluding carboxylic acids is 1. The van der Waals surface area contributed by atoms with Crippen molar-refractivity contribution < 1.29 is 4.79 Å². The van der Waals surface area contributed by atoms with Crippen LogP contribution in [0, 0.1) is 0 Å². The number of benzene rings is 1. The van der Waals surface area contributed by atoms with Crippen LogP contribution in [0.1, 0.15) is 58.4 Å². The Morgan fingerprint density at radius 3 is 2.74 bits per heavy atom. The largest absolute Gasteiger partial charge is 0.366 e. The Morgan fingerprint density at radius 2 is 1.97 bits per heavy atom. The molecule has 2 aromatic heterocycles. The zero-order valence-electron chi connectivity index (χ0n) is 19.8. The Morgan fingerprint density at radius 1 is 1.14 bits per heavy atom. The van der Waals surface area contributed by atoms with Gasteiger partial charge in [0.05, 0.1) is 5.69 Å². The highest BCUT2D eigenvalue weighted by atomic mass is 16.1. The highest BCUT2D eigenvalue weighted by molar-refractivity contribution is 5.94. The van der Waals surface area contributed by atoms with Crippen molar-refractivity contribution in [3.8, 4) is 0 Å². The van der Waals surface area contributed by atoms with Gasteiger partial charge in [-0.25, -0.2) is 4.98 Å². The number of H-pyrrole nitrogens is 1. The van der Waals surface area contributed by atoms with Crippen LogP contribution in [-0.4, -0.2) is 40.5 Å². The van der Waals surface area contributed by atoms with Crippen molar-refractivity contribution in [3.63, 3.8) is 0 Å². The normalized spacial score (nSPS) is 18.4. The van der Waals surface area contributed by atoms with Gasteiger partial charge in [-0.3, -0.25) is 19.6 Å². The second-order valence-electron chi connectivity index (χ2n) is 10.1. The van der Waals surface area contributed by atoms with Gasteiger partial charge in [-0.1, -0.05) is 12.1 Å². The quantitative estimate of drug-likeness (QED) is 0.607. The maximum absolute atomic E-state index is 12.7. The van der Waals surface area contributed by atoms with Crippen LogP contribution in [0.15, 0.2) is 47.5 Å². The number of nitrogens with zero attached hydrogens (tertiary/aromatic N) is 4. The average Bonchev–Trinajstić information content (AvgIpc) is 3.17. The molecule has 0 saturated carbocycles. The maximum atomic E-state index is 12.7. The third-order valence-electron chi connectivity index (χ3n) is 7.98. The lowest BCUT2D eigenvalue weighted by Crippen LogP contribution is -2.46. The van der Waals surface area contributed by atoms with E-state index in [0.717, 1.165) is 87.2 Å². The van der Waals surface area contributed by atoms with Crippen LogP contribution in [0.25, 0.3) is 0 Å². The number of hydrogen-bond acceptors (Lipinski definition) is 6. The first-order chi connectivity index (χ1) is 17.0. The summed E-state index contributed by atoms with van der Waals surface area (Å²) >= 11 is 0. The molecule has 3 N–H and O–H groups in total. The number of anilines is 2. The molecule has 2 aliphatic heterocycles. The van der Waals surface area contributed by atoms with Crippen molar-refractivity contribution in [1.82, 2.24) is 15.0 Å². The van der Waals surface area contributed by atoms with Crippen molar-refractivity contribution in [2.24, 2.45) is 5.73 Å². The SMILES string of the molecule is NC(=O)c1ccc2c(c1)N(Cc1cccnc1)CC21CCN(c2nc3c(c(=O)[nH]2)CCCC3)CC1. The molecule has 3 aliphatic rings. The minimum atomic E-state index is -0.410. The summed E-state index contributed by atoms with van der Waals surface area (Å²) in [6.07, 6.45) is 9.45. The van der Waals surface area contributed by atoms with E-state index >= 15 is 0 Å². The Bertz CT molecular complexity index is 1330. The lowest BCUT2D eigenvalue weighted by molar-refractivity contribution is 0.100. The third-order valence-corrected chi connectivity index (χ3v) is 7.98. The van der Waals surface area contributed by atoms with Crippen LogP contribution in [0.2, 0.25) is 0 Å². The predicted molar refractivity (Wildman–Crippen MR) is 135 cm³/mol. The van der Waals surface area contributed by atoms with Crippen molar-refractivity contribution in [3.05, 3.63) is 81.0 Å². The average molecular weight is 471 g/mol. The summed E-state index contributed by atoms with van der Waals surface area (Å²) in [6, 6.07) is 9.92. The first-order valence-electron chi connectivity index (χ1n) is 12.5. The molecule has 1 aromatic carbocycles. The van der Waals surface area contributed by atoms with E-state index < -0.39 is 5.91 Å². The number of pyridine rings is 1. The van der Waals surface area contributed by atoms with Crippen molar-refractivity contribution >= 4 is 17.5 Å². The van der Waals surface area contributed by atoms with Crippen LogP contribution < -0.4 is 21.1 Å². The molecule has 8 heteroatoms. The monoisotopic (exact) mass is 470 g/mol. The Balaban J connectivity index is 1.28. The first-order valence-corrected chi connectivity index (χ1v) is 12.5. The fourth-order valence-corrected chi connectivity index (χ4v) is 6.10. The van der Waals surface area contributed by atoms with E-state index in [1.54, 1.807) is 6.20 Å². The molecular weight excluding hydrogens is 440 g/mol. The summed E-state index contributed by atoms with van der Waals surface area (Å²) in [5.41, 5.74) is 11.5. The Labute approximate surface area is 204 Å². The van der Waals surface area contributed by atoms with Gasteiger partial charge in [0.2, 0.25) is 11.9 Å². The number of amides is 1. The summed E-state index contributed by atoms with van der Waals surface area (Å²) in [4.78, 5) is 41.4. The van der Waals surface area contributed by atoms with E-state index in [0.29, 0.717) is 11.5 Å². The number of nitrogens with two attached hydrogens (primary N) is 1. The molecule has 6 rings (SSSR count). The molecule has 8 nitrogen and oxygen atoms in total. The molecule has 1 amide bonds. The molecule has 4 heterocycles. The van der Waals surface area contributed by atoms with E-state index in [1.807, 2.05) is 24.4 Å². The van der Waals surface area contributed by atoms with Gasteiger partial charge in [-0.15, -0.1) is 0 Å². The number of aromatic amines is 1. The van der Waals surface area contributed by atoms with E-state index in [4.69, 9.17) is 10.7 Å². The van der Waals surface area contributed by atoms with Crippen LogP contribution in [0.3, 0.4) is 0 Å². The van der Waals surface area contributed by atoms with E-state index in [2.05, 4.69) is 31.9 Å². The van der Waals surface area contributed by atoms with Gasteiger partial charge in [0, 0.05) is 60.8 Å². The number of carbonyl (C=O) groups is 1. The smallest absolute Gasteiger partial charge is 0.255 e. The summed E-state index contributed by atoms with van der Waals surface area (Å²) in [5, 5.41) is 0. The van der Waals surface area contributed by atoms with E-state index in [1.165, 1.54) is 5.56 Å². The molecule has 180 valence electrons. The summed E-state index contributed by atoms with van der Waals surface area (Å²) in [6.45, 7) is 3.24. The van der Waals surface area contributed by atoms with Gasteiger partial charge in [0.1, 0.15) is 0 Å².